The van der Waals surface area contributed by atoms with Crippen LogP contribution in [-0.2, 0) is 6.18 Å². The number of rotatable bonds is 3. The second-order valence-electron chi connectivity index (χ2n) is 7.32. The Morgan fingerprint density at radius 2 is 1.73 bits per heavy atom. The van der Waals surface area contributed by atoms with Crippen LogP contribution in [0.3, 0.4) is 0 Å². The lowest BCUT2D eigenvalue weighted by atomic mass is 9.88. The first-order valence-corrected chi connectivity index (χ1v) is 9.67. The van der Waals surface area contributed by atoms with Gasteiger partial charge in [0.05, 0.1) is 17.2 Å². The lowest BCUT2D eigenvalue weighted by Gasteiger charge is -2.33. The van der Waals surface area contributed by atoms with Crippen molar-refractivity contribution in [2.75, 3.05) is 31.2 Å². The summed E-state index contributed by atoms with van der Waals surface area (Å²) in [4.78, 5) is 14.7. The summed E-state index contributed by atoms with van der Waals surface area (Å²) < 4.78 is 50.7. The number of Topliss-reactive ketones (excluding diaryl/α,β-unsaturated/α-hetero) is 1. The number of alkyl halides is 3. The molecule has 30 heavy (non-hydrogen) atoms. The predicted octanol–water partition coefficient (Wildman–Crippen LogP) is 4.45. The molecule has 0 N–H and O–H groups in total. The van der Waals surface area contributed by atoms with E-state index in [0.717, 1.165) is 6.07 Å². The van der Waals surface area contributed by atoms with E-state index in [1.165, 1.54) is 12.1 Å². The molecule has 5 nitrogen and oxygen atoms in total. The van der Waals surface area contributed by atoms with Crippen LogP contribution < -0.4 is 14.4 Å². The normalized spacial score (nSPS) is 16.8. The molecule has 2 heterocycles. The molecular weight excluding hydrogens is 397 g/mol. The summed E-state index contributed by atoms with van der Waals surface area (Å²) in [5.74, 6) is 0.974. The highest BCUT2D eigenvalue weighted by molar-refractivity contribution is 5.98. The van der Waals surface area contributed by atoms with Gasteiger partial charge in [0, 0.05) is 30.3 Å². The zero-order chi connectivity index (χ0) is 21.3. The van der Waals surface area contributed by atoms with Gasteiger partial charge in [0.25, 0.3) is 0 Å². The fourth-order valence-corrected chi connectivity index (χ4v) is 3.89. The molecule has 8 heteroatoms. The minimum atomic E-state index is -4.59. The molecule has 2 aromatic rings. The minimum absolute atomic E-state index is 0.00225. The molecule has 0 amide bonds. The molecule has 4 rings (SSSR count). The number of hydrogen-bond acceptors (Lipinski definition) is 5. The Morgan fingerprint density at radius 3 is 2.40 bits per heavy atom. The number of fused-ring (bicyclic) bond motifs is 1. The maximum Gasteiger partial charge on any atom is 0.417 e. The summed E-state index contributed by atoms with van der Waals surface area (Å²) in [6, 6.07) is 10.5. The number of halogens is 3. The van der Waals surface area contributed by atoms with E-state index in [2.05, 4.69) is 0 Å². The molecule has 0 atom stereocenters. The smallest absolute Gasteiger partial charge is 0.417 e. The third-order valence-corrected chi connectivity index (χ3v) is 5.49. The van der Waals surface area contributed by atoms with E-state index >= 15 is 0 Å². The number of carbonyl (C=O) groups excluding carboxylic acids is 1. The number of nitrogens with zero attached hydrogens (tertiary/aromatic N) is 2. The predicted molar refractivity (Wildman–Crippen MR) is 103 cm³/mol. The molecule has 2 aliphatic rings. The van der Waals surface area contributed by atoms with Crippen molar-refractivity contribution in [1.82, 2.24) is 0 Å². The molecule has 0 radical (unpaired) electrons. The molecule has 1 saturated heterocycles. The number of benzene rings is 2. The number of nitriles is 1. The number of carbonyl (C=O) groups is 1. The van der Waals surface area contributed by atoms with Gasteiger partial charge in [0.15, 0.2) is 17.3 Å². The fraction of sp³-hybridized carbons (Fsp3) is 0.364. The standard InChI is InChI=1S/C22H19F3N2O3/c23-22(24,25)18-12-17(3-1-16(18)13-26)27-7-5-14(6-8-27)21(28)15-2-4-19-20(11-15)30-10-9-29-19/h1-4,11-12,14H,5-10H2. The first-order chi connectivity index (χ1) is 14.4. The van der Waals surface area contributed by atoms with Gasteiger partial charge in [0.1, 0.15) is 13.2 Å². The SMILES string of the molecule is N#Cc1ccc(N2CCC(C(=O)c3ccc4c(c3)OCCO4)CC2)cc1C(F)(F)F. The number of ether oxygens (including phenoxy) is 2. The number of anilines is 1. The van der Waals surface area contributed by atoms with Gasteiger partial charge in [-0.05, 0) is 49.2 Å². The van der Waals surface area contributed by atoms with Crippen LogP contribution in [0.5, 0.6) is 11.5 Å². The van der Waals surface area contributed by atoms with Gasteiger partial charge in [-0.25, -0.2) is 0 Å². The van der Waals surface area contributed by atoms with E-state index < -0.39 is 17.3 Å². The molecule has 2 aromatic carbocycles. The van der Waals surface area contributed by atoms with E-state index in [1.807, 2.05) is 4.90 Å². The highest BCUT2D eigenvalue weighted by atomic mass is 19.4. The Kier molecular flexibility index (Phi) is 5.29. The van der Waals surface area contributed by atoms with Crippen molar-refractivity contribution < 1.29 is 27.4 Å². The molecule has 0 aliphatic carbocycles. The number of piperidine rings is 1. The Hall–Kier alpha value is -3.21. The summed E-state index contributed by atoms with van der Waals surface area (Å²) in [5.41, 5.74) is -0.367. The third kappa shape index (κ3) is 3.92. The summed E-state index contributed by atoms with van der Waals surface area (Å²) >= 11 is 0. The van der Waals surface area contributed by atoms with Crippen LogP contribution in [0.15, 0.2) is 36.4 Å². The molecule has 0 unspecified atom stereocenters. The van der Waals surface area contributed by atoms with E-state index in [0.29, 0.717) is 61.9 Å². The van der Waals surface area contributed by atoms with Crippen LogP contribution >= 0.6 is 0 Å². The van der Waals surface area contributed by atoms with E-state index in [9.17, 15) is 18.0 Å². The van der Waals surface area contributed by atoms with Crippen LogP contribution in [0.2, 0.25) is 0 Å². The van der Waals surface area contributed by atoms with Crippen LogP contribution in [-0.4, -0.2) is 32.1 Å². The van der Waals surface area contributed by atoms with Crippen LogP contribution in [0.1, 0.15) is 34.3 Å². The van der Waals surface area contributed by atoms with Gasteiger partial charge in [-0.15, -0.1) is 0 Å². The van der Waals surface area contributed by atoms with Crippen molar-refractivity contribution >= 4 is 11.5 Å². The molecule has 2 aliphatic heterocycles. The number of hydrogen-bond donors (Lipinski definition) is 0. The second-order valence-corrected chi connectivity index (χ2v) is 7.32. The number of ketones is 1. The minimum Gasteiger partial charge on any atom is -0.486 e. The van der Waals surface area contributed by atoms with Gasteiger partial charge < -0.3 is 14.4 Å². The van der Waals surface area contributed by atoms with E-state index in [1.54, 1.807) is 24.3 Å². The summed E-state index contributed by atoms with van der Waals surface area (Å²) in [6.07, 6.45) is -3.52. The molecule has 156 valence electrons. The van der Waals surface area contributed by atoms with Gasteiger partial charge in [0.2, 0.25) is 0 Å². The molecule has 0 aromatic heterocycles. The topological polar surface area (TPSA) is 62.6 Å². The van der Waals surface area contributed by atoms with Crippen LogP contribution in [0, 0.1) is 17.2 Å². The molecule has 1 fully saturated rings. The average molecular weight is 416 g/mol. The largest absolute Gasteiger partial charge is 0.486 e. The summed E-state index contributed by atoms with van der Waals surface area (Å²) in [7, 11) is 0. The third-order valence-electron chi connectivity index (χ3n) is 5.49. The average Bonchev–Trinajstić information content (AvgIpc) is 2.77. The highest BCUT2D eigenvalue weighted by Crippen LogP contribution is 2.36. The van der Waals surface area contributed by atoms with Crippen LogP contribution in [0.25, 0.3) is 0 Å². The Labute approximate surface area is 171 Å². The first kappa shape index (κ1) is 20.1. The Morgan fingerprint density at radius 1 is 1.03 bits per heavy atom. The maximum atomic E-state index is 13.2. The lowest BCUT2D eigenvalue weighted by molar-refractivity contribution is -0.137. The lowest BCUT2D eigenvalue weighted by Crippen LogP contribution is -2.36. The Balaban J connectivity index is 1.45. The van der Waals surface area contributed by atoms with Crippen molar-refractivity contribution in [2.24, 2.45) is 5.92 Å². The monoisotopic (exact) mass is 416 g/mol. The van der Waals surface area contributed by atoms with E-state index in [-0.39, 0.29) is 11.7 Å². The summed E-state index contributed by atoms with van der Waals surface area (Å²) in [5, 5.41) is 8.94. The molecule has 0 bridgehead atoms. The summed E-state index contributed by atoms with van der Waals surface area (Å²) in [6.45, 7) is 1.84. The molecule has 0 spiro atoms. The van der Waals surface area contributed by atoms with Crippen molar-refractivity contribution in [3.63, 3.8) is 0 Å². The Bertz CT molecular complexity index is 1010. The quantitative estimate of drug-likeness (QED) is 0.692. The zero-order valence-corrected chi connectivity index (χ0v) is 16.0. The van der Waals surface area contributed by atoms with Crippen molar-refractivity contribution in [1.29, 1.82) is 5.26 Å². The molecular formula is C22H19F3N2O3. The van der Waals surface area contributed by atoms with Crippen molar-refractivity contribution in [2.45, 2.75) is 19.0 Å². The van der Waals surface area contributed by atoms with Gasteiger partial charge in [-0.2, -0.15) is 18.4 Å². The maximum absolute atomic E-state index is 13.2. The first-order valence-electron chi connectivity index (χ1n) is 9.67. The van der Waals surface area contributed by atoms with Crippen LogP contribution in [0.4, 0.5) is 18.9 Å². The molecule has 0 saturated carbocycles. The van der Waals surface area contributed by atoms with Gasteiger partial charge in [-0.3, -0.25) is 4.79 Å². The highest BCUT2D eigenvalue weighted by Gasteiger charge is 2.35. The van der Waals surface area contributed by atoms with Crippen molar-refractivity contribution in [3.8, 4) is 17.6 Å². The zero-order valence-electron chi connectivity index (χ0n) is 16.0. The van der Waals surface area contributed by atoms with Crippen molar-refractivity contribution in [3.05, 3.63) is 53.1 Å². The fourth-order valence-electron chi connectivity index (χ4n) is 3.89. The van der Waals surface area contributed by atoms with Gasteiger partial charge >= 0.3 is 6.18 Å². The second kappa shape index (κ2) is 7.90. The van der Waals surface area contributed by atoms with E-state index in [4.69, 9.17) is 14.7 Å². The van der Waals surface area contributed by atoms with Gasteiger partial charge in [-0.1, -0.05) is 0 Å².